The summed E-state index contributed by atoms with van der Waals surface area (Å²) in [5.74, 6) is 0. The van der Waals surface area contributed by atoms with Gasteiger partial charge in [-0.3, -0.25) is 0 Å². The van der Waals surface area contributed by atoms with E-state index < -0.39 is 0 Å². The summed E-state index contributed by atoms with van der Waals surface area (Å²) in [6, 6.07) is 8.66. The van der Waals surface area contributed by atoms with E-state index in [1.807, 2.05) is 20.2 Å². The first-order valence-electron chi connectivity index (χ1n) is 6.40. The zero-order valence-electron chi connectivity index (χ0n) is 11.2. The summed E-state index contributed by atoms with van der Waals surface area (Å²) >= 11 is 1.77. The van der Waals surface area contributed by atoms with Gasteiger partial charge in [0.05, 0.1) is 17.1 Å². The number of rotatable bonds is 4. The molecule has 0 saturated carbocycles. The van der Waals surface area contributed by atoms with Gasteiger partial charge in [-0.15, -0.1) is 11.3 Å². The minimum atomic E-state index is 0.892. The van der Waals surface area contributed by atoms with Gasteiger partial charge in [0.25, 0.3) is 0 Å². The number of aromatic nitrogens is 2. The van der Waals surface area contributed by atoms with Gasteiger partial charge in [0, 0.05) is 23.8 Å². The molecule has 1 aromatic carbocycles. The summed E-state index contributed by atoms with van der Waals surface area (Å²) in [4.78, 5) is 5.63. The number of hydrogen-bond acceptors (Lipinski definition) is 3. The van der Waals surface area contributed by atoms with E-state index in [4.69, 9.17) is 0 Å². The fourth-order valence-corrected chi connectivity index (χ4v) is 3.25. The molecule has 4 heteroatoms. The van der Waals surface area contributed by atoms with Gasteiger partial charge < -0.3 is 9.88 Å². The standard InChI is InChI=1S/C15H17N3S/c1-11-17-9-14(19-11)10-18-7-6-12-4-3-5-13(8-16-2)15(12)18/h3-7,9,16H,8,10H2,1-2H3. The molecule has 0 aliphatic carbocycles. The fraction of sp³-hybridized carbons (Fsp3) is 0.267. The Kier molecular flexibility index (Phi) is 3.36. The Balaban J connectivity index is 2.03. The highest BCUT2D eigenvalue weighted by Crippen LogP contribution is 2.23. The molecule has 0 fully saturated rings. The Morgan fingerprint density at radius 1 is 1.32 bits per heavy atom. The van der Waals surface area contributed by atoms with Gasteiger partial charge in [0.2, 0.25) is 0 Å². The SMILES string of the molecule is CNCc1cccc2ccn(Cc3cnc(C)s3)c12. The van der Waals surface area contributed by atoms with Gasteiger partial charge in [-0.1, -0.05) is 18.2 Å². The highest BCUT2D eigenvalue weighted by atomic mass is 32.1. The smallest absolute Gasteiger partial charge is 0.0897 e. The van der Waals surface area contributed by atoms with E-state index >= 15 is 0 Å². The van der Waals surface area contributed by atoms with Gasteiger partial charge in [0.1, 0.15) is 0 Å². The Morgan fingerprint density at radius 3 is 2.95 bits per heavy atom. The average Bonchev–Trinajstić information content (AvgIpc) is 2.98. The van der Waals surface area contributed by atoms with Crippen molar-refractivity contribution in [2.45, 2.75) is 20.0 Å². The molecule has 0 bridgehead atoms. The van der Waals surface area contributed by atoms with Crippen molar-refractivity contribution in [2.24, 2.45) is 0 Å². The highest BCUT2D eigenvalue weighted by Gasteiger charge is 2.07. The molecule has 19 heavy (non-hydrogen) atoms. The van der Waals surface area contributed by atoms with E-state index in [2.05, 4.69) is 45.3 Å². The molecule has 3 nitrogen and oxygen atoms in total. The summed E-state index contributed by atoms with van der Waals surface area (Å²) in [5.41, 5.74) is 2.66. The number of fused-ring (bicyclic) bond motifs is 1. The summed E-state index contributed by atoms with van der Waals surface area (Å²) in [5, 5.41) is 5.66. The first-order chi connectivity index (χ1) is 9.28. The lowest BCUT2D eigenvalue weighted by atomic mass is 10.1. The molecule has 0 atom stereocenters. The van der Waals surface area contributed by atoms with E-state index in [1.165, 1.54) is 21.3 Å². The number of hydrogen-bond donors (Lipinski definition) is 1. The monoisotopic (exact) mass is 271 g/mol. The molecule has 0 saturated heterocycles. The number of benzene rings is 1. The predicted molar refractivity (Wildman–Crippen MR) is 80.7 cm³/mol. The van der Waals surface area contributed by atoms with Crippen molar-refractivity contribution in [2.75, 3.05) is 7.05 Å². The first kappa shape index (κ1) is 12.4. The minimum Gasteiger partial charge on any atom is -0.342 e. The number of aryl methyl sites for hydroxylation is 1. The molecule has 3 rings (SSSR count). The lowest BCUT2D eigenvalue weighted by Crippen LogP contribution is -2.07. The Hall–Kier alpha value is -1.65. The van der Waals surface area contributed by atoms with Crippen LogP contribution in [0.1, 0.15) is 15.4 Å². The second-order valence-electron chi connectivity index (χ2n) is 4.67. The van der Waals surface area contributed by atoms with Crippen molar-refractivity contribution in [3.63, 3.8) is 0 Å². The third-order valence-electron chi connectivity index (χ3n) is 3.23. The maximum atomic E-state index is 4.33. The van der Waals surface area contributed by atoms with Gasteiger partial charge in [-0.2, -0.15) is 0 Å². The molecule has 0 radical (unpaired) electrons. The summed E-state index contributed by atoms with van der Waals surface area (Å²) in [6.45, 7) is 3.84. The van der Waals surface area contributed by atoms with Crippen molar-refractivity contribution in [1.29, 1.82) is 0 Å². The van der Waals surface area contributed by atoms with Gasteiger partial charge in [-0.05, 0) is 31.0 Å². The Morgan fingerprint density at radius 2 is 2.21 bits per heavy atom. The molecule has 1 N–H and O–H groups in total. The fourth-order valence-electron chi connectivity index (χ4n) is 2.45. The summed E-state index contributed by atoms with van der Waals surface area (Å²) < 4.78 is 2.31. The topological polar surface area (TPSA) is 29.9 Å². The highest BCUT2D eigenvalue weighted by molar-refractivity contribution is 7.11. The maximum absolute atomic E-state index is 4.33. The molecule has 0 unspecified atom stereocenters. The zero-order chi connectivity index (χ0) is 13.2. The van der Waals surface area contributed by atoms with Crippen LogP contribution in [-0.2, 0) is 13.1 Å². The van der Waals surface area contributed by atoms with E-state index in [0.717, 1.165) is 18.1 Å². The van der Waals surface area contributed by atoms with E-state index in [9.17, 15) is 0 Å². The minimum absolute atomic E-state index is 0.892. The second kappa shape index (κ2) is 5.15. The number of nitrogens with one attached hydrogen (secondary N) is 1. The molecule has 98 valence electrons. The maximum Gasteiger partial charge on any atom is 0.0897 e. The Bertz CT molecular complexity index is 696. The normalized spacial score (nSPS) is 11.3. The van der Waals surface area contributed by atoms with Crippen LogP contribution in [0, 0.1) is 6.92 Å². The van der Waals surface area contributed by atoms with Crippen molar-refractivity contribution < 1.29 is 0 Å². The van der Waals surface area contributed by atoms with Crippen molar-refractivity contribution >= 4 is 22.2 Å². The van der Waals surface area contributed by atoms with Gasteiger partial charge >= 0.3 is 0 Å². The largest absolute Gasteiger partial charge is 0.342 e. The molecule has 3 aromatic rings. The number of nitrogens with zero attached hydrogens (tertiary/aromatic N) is 2. The van der Waals surface area contributed by atoms with Crippen molar-refractivity contribution in [3.8, 4) is 0 Å². The average molecular weight is 271 g/mol. The van der Waals surface area contributed by atoms with Crippen LogP contribution in [0.2, 0.25) is 0 Å². The lowest BCUT2D eigenvalue weighted by Gasteiger charge is -2.08. The molecular formula is C15H17N3S. The van der Waals surface area contributed by atoms with Gasteiger partial charge in [-0.25, -0.2) is 4.98 Å². The van der Waals surface area contributed by atoms with Gasteiger partial charge in [0.15, 0.2) is 0 Å². The van der Waals surface area contributed by atoms with Crippen LogP contribution >= 0.6 is 11.3 Å². The van der Waals surface area contributed by atoms with Crippen LogP contribution in [0.25, 0.3) is 10.9 Å². The number of para-hydroxylation sites is 1. The molecular weight excluding hydrogens is 254 g/mol. The predicted octanol–water partition coefficient (Wildman–Crippen LogP) is 3.17. The molecule has 2 aromatic heterocycles. The molecule has 0 spiro atoms. The first-order valence-corrected chi connectivity index (χ1v) is 7.22. The lowest BCUT2D eigenvalue weighted by molar-refractivity contribution is 0.800. The quantitative estimate of drug-likeness (QED) is 0.790. The van der Waals surface area contributed by atoms with Crippen LogP contribution in [0.5, 0.6) is 0 Å². The Labute approximate surface area is 116 Å². The molecule has 2 heterocycles. The van der Waals surface area contributed by atoms with Crippen molar-refractivity contribution in [3.05, 3.63) is 52.1 Å². The van der Waals surface area contributed by atoms with Crippen LogP contribution in [0.3, 0.4) is 0 Å². The van der Waals surface area contributed by atoms with Crippen LogP contribution in [0.15, 0.2) is 36.7 Å². The van der Waals surface area contributed by atoms with Crippen LogP contribution in [-0.4, -0.2) is 16.6 Å². The summed E-state index contributed by atoms with van der Waals surface area (Å²) in [6.07, 6.45) is 4.14. The zero-order valence-corrected chi connectivity index (χ0v) is 12.0. The third kappa shape index (κ3) is 2.41. The summed E-state index contributed by atoms with van der Waals surface area (Å²) in [7, 11) is 1.98. The molecule has 0 amide bonds. The van der Waals surface area contributed by atoms with E-state index in [-0.39, 0.29) is 0 Å². The van der Waals surface area contributed by atoms with E-state index in [0.29, 0.717) is 0 Å². The molecule has 0 aliphatic heterocycles. The van der Waals surface area contributed by atoms with E-state index in [1.54, 1.807) is 11.3 Å². The van der Waals surface area contributed by atoms with Crippen molar-refractivity contribution in [1.82, 2.24) is 14.9 Å². The molecule has 0 aliphatic rings. The number of thiazole rings is 1. The van der Waals surface area contributed by atoms with Crippen LogP contribution < -0.4 is 5.32 Å². The van der Waals surface area contributed by atoms with Crippen LogP contribution in [0.4, 0.5) is 0 Å². The second-order valence-corrected chi connectivity index (χ2v) is 5.99. The third-order valence-corrected chi connectivity index (χ3v) is 4.13.